The second-order valence-electron chi connectivity index (χ2n) is 9.14. The van der Waals surface area contributed by atoms with Gasteiger partial charge in [-0.15, -0.1) is 21.5 Å². The maximum absolute atomic E-state index is 14.0. The highest BCUT2D eigenvalue weighted by molar-refractivity contribution is 7.98. The van der Waals surface area contributed by atoms with E-state index in [-0.39, 0.29) is 11.2 Å². The molecular formula is C26H24N4O3S2. The molecule has 0 unspecified atom stereocenters. The maximum Gasteiger partial charge on any atom is 0.268 e. The number of thioether (sulfide) groups is 1. The van der Waals surface area contributed by atoms with E-state index in [1.807, 2.05) is 59.0 Å². The summed E-state index contributed by atoms with van der Waals surface area (Å²) in [5.74, 6) is 2.07. The van der Waals surface area contributed by atoms with Gasteiger partial charge in [-0.2, -0.15) is 0 Å². The summed E-state index contributed by atoms with van der Waals surface area (Å²) < 4.78 is 15.1. The van der Waals surface area contributed by atoms with Crippen LogP contribution in [0.15, 0.2) is 64.5 Å². The van der Waals surface area contributed by atoms with Crippen molar-refractivity contribution in [1.82, 2.24) is 19.2 Å². The van der Waals surface area contributed by atoms with Crippen molar-refractivity contribution in [1.29, 1.82) is 0 Å². The number of methoxy groups -OCH3 is 1. The first-order valence-corrected chi connectivity index (χ1v) is 13.1. The number of para-hydroxylation sites is 1. The van der Waals surface area contributed by atoms with Crippen molar-refractivity contribution in [3.8, 4) is 11.4 Å². The Kier molecular flexibility index (Phi) is 5.43. The molecule has 0 bridgehead atoms. The van der Waals surface area contributed by atoms with E-state index >= 15 is 0 Å². The van der Waals surface area contributed by atoms with Crippen LogP contribution in [0.25, 0.3) is 21.7 Å². The van der Waals surface area contributed by atoms with Gasteiger partial charge in [-0.1, -0.05) is 42.1 Å². The Balaban J connectivity index is 1.55. The van der Waals surface area contributed by atoms with Crippen molar-refractivity contribution >= 4 is 39.1 Å². The second-order valence-corrected chi connectivity index (χ2v) is 11.2. The molecule has 5 aromatic rings. The van der Waals surface area contributed by atoms with E-state index in [1.165, 1.54) is 0 Å². The van der Waals surface area contributed by atoms with Crippen molar-refractivity contribution in [3.63, 3.8) is 0 Å². The van der Waals surface area contributed by atoms with Crippen LogP contribution in [-0.4, -0.2) is 31.9 Å². The number of benzene rings is 2. The zero-order chi connectivity index (χ0) is 24.2. The van der Waals surface area contributed by atoms with Gasteiger partial charge in [0.1, 0.15) is 10.6 Å². The lowest BCUT2D eigenvalue weighted by atomic mass is 9.94. The van der Waals surface area contributed by atoms with Crippen LogP contribution in [0.3, 0.4) is 0 Å². The molecule has 0 aliphatic carbocycles. The van der Waals surface area contributed by atoms with Gasteiger partial charge in [0.15, 0.2) is 5.16 Å². The van der Waals surface area contributed by atoms with Crippen molar-refractivity contribution in [2.24, 2.45) is 0 Å². The molecule has 9 heteroatoms. The smallest absolute Gasteiger partial charge is 0.268 e. The van der Waals surface area contributed by atoms with Gasteiger partial charge in [0, 0.05) is 17.1 Å². The van der Waals surface area contributed by atoms with Crippen LogP contribution < -0.4 is 10.3 Å². The predicted octanol–water partition coefficient (Wildman–Crippen LogP) is 5.25. The van der Waals surface area contributed by atoms with Crippen LogP contribution in [0.4, 0.5) is 0 Å². The Hall–Kier alpha value is -3.14. The zero-order valence-corrected chi connectivity index (χ0v) is 21.3. The van der Waals surface area contributed by atoms with E-state index in [9.17, 15) is 4.79 Å². The fraction of sp³-hybridized carbons (Fsp3) is 0.269. The molecule has 0 spiro atoms. The van der Waals surface area contributed by atoms with E-state index in [4.69, 9.17) is 9.47 Å². The minimum Gasteiger partial charge on any atom is -0.497 e. The van der Waals surface area contributed by atoms with E-state index in [2.05, 4.69) is 24.0 Å². The third kappa shape index (κ3) is 3.84. The van der Waals surface area contributed by atoms with Gasteiger partial charge in [0.05, 0.1) is 30.4 Å². The molecule has 7 nitrogen and oxygen atoms in total. The average molecular weight is 505 g/mol. The first kappa shape index (κ1) is 22.3. The minimum absolute atomic E-state index is 0.0620. The summed E-state index contributed by atoms with van der Waals surface area (Å²) in [6.45, 7) is 4.65. The third-order valence-electron chi connectivity index (χ3n) is 6.25. The van der Waals surface area contributed by atoms with Crippen molar-refractivity contribution in [2.75, 3.05) is 7.11 Å². The molecule has 0 radical (unpaired) electrons. The Morgan fingerprint density at radius 1 is 1.11 bits per heavy atom. The highest BCUT2D eigenvalue weighted by atomic mass is 32.2. The van der Waals surface area contributed by atoms with Gasteiger partial charge >= 0.3 is 0 Å². The molecule has 0 saturated carbocycles. The number of fused-ring (bicyclic) bond motifs is 5. The van der Waals surface area contributed by atoms with Crippen molar-refractivity contribution in [3.05, 3.63) is 81.0 Å². The predicted molar refractivity (Wildman–Crippen MR) is 139 cm³/mol. The largest absolute Gasteiger partial charge is 0.497 e. The highest BCUT2D eigenvalue weighted by Gasteiger charge is 2.32. The van der Waals surface area contributed by atoms with Crippen molar-refractivity contribution < 1.29 is 9.47 Å². The molecule has 0 amide bonds. The molecule has 0 N–H and O–H groups in total. The number of nitrogens with zero attached hydrogens (tertiary/aromatic N) is 4. The Morgan fingerprint density at radius 2 is 1.89 bits per heavy atom. The summed E-state index contributed by atoms with van der Waals surface area (Å²) in [7, 11) is 1.66. The van der Waals surface area contributed by atoms with Crippen LogP contribution >= 0.6 is 23.1 Å². The Bertz CT molecular complexity index is 1600. The van der Waals surface area contributed by atoms with Gasteiger partial charge in [-0.3, -0.25) is 4.79 Å². The molecule has 0 saturated heterocycles. The van der Waals surface area contributed by atoms with Crippen LogP contribution in [0.5, 0.6) is 5.75 Å². The number of hydrogen-bond donors (Lipinski definition) is 0. The van der Waals surface area contributed by atoms with Crippen LogP contribution in [0, 0.1) is 0 Å². The number of thiophene rings is 1. The fourth-order valence-electron chi connectivity index (χ4n) is 4.48. The molecule has 178 valence electrons. The third-order valence-corrected chi connectivity index (χ3v) is 8.44. The summed E-state index contributed by atoms with van der Waals surface area (Å²) in [6, 6.07) is 17.7. The van der Waals surface area contributed by atoms with Crippen LogP contribution in [0.2, 0.25) is 0 Å². The SMILES string of the molecule is COc1ccc(CSc2nnc3n(-c4ccccc4)c(=O)c4c5c(sc4n23)COC(C)(C)C5)cc1. The molecule has 3 aromatic heterocycles. The van der Waals surface area contributed by atoms with Crippen molar-refractivity contribution in [2.45, 2.75) is 43.4 Å². The normalized spacial score (nSPS) is 14.9. The number of ether oxygens (including phenoxy) is 2. The minimum atomic E-state index is -0.320. The maximum atomic E-state index is 14.0. The molecule has 0 fully saturated rings. The summed E-state index contributed by atoms with van der Waals surface area (Å²) in [6.07, 6.45) is 0.689. The molecule has 4 heterocycles. The standard InChI is InChI=1S/C26H24N4O3S2/c1-26(2)13-19-20(14-33-26)35-23-21(19)22(31)29(17-7-5-4-6-8-17)24-27-28-25(30(23)24)34-15-16-9-11-18(32-3)12-10-16/h4-12H,13-15H2,1-3H3. The summed E-state index contributed by atoms with van der Waals surface area (Å²) in [5, 5.41) is 10.5. The fourth-order valence-corrected chi connectivity index (χ4v) is 6.64. The topological polar surface area (TPSA) is 70.7 Å². The quantitative estimate of drug-likeness (QED) is 0.305. The van der Waals surface area contributed by atoms with E-state index in [0.717, 1.165) is 48.6 Å². The van der Waals surface area contributed by atoms with Crippen LogP contribution in [-0.2, 0) is 23.5 Å². The first-order chi connectivity index (χ1) is 16.9. The van der Waals surface area contributed by atoms with Gasteiger partial charge in [-0.25, -0.2) is 8.97 Å². The molecule has 1 aliphatic heterocycles. The molecular weight excluding hydrogens is 480 g/mol. The summed E-state index contributed by atoms with van der Waals surface area (Å²) in [5.41, 5.74) is 2.63. The monoisotopic (exact) mass is 504 g/mol. The van der Waals surface area contributed by atoms with E-state index in [1.54, 1.807) is 34.8 Å². The highest BCUT2D eigenvalue weighted by Crippen LogP contribution is 2.39. The van der Waals surface area contributed by atoms with E-state index < -0.39 is 0 Å². The van der Waals surface area contributed by atoms with Gasteiger partial charge in [0.25, 0.3) is 5.56 Å². The molecule has 1 aliphatic rings. The zero-order valence-electron chi connectivity index (χ0n) is 19.6. The lowest BCUT2D eigenvalue weighted by molar-refractivity contribution is -0.0379. The van der Waals surface area contributed by atoms with Crippen LogP contribution in [0.1, 0.15) is 29.9 Å². The number of rotatable bonds is 5. The molecule has 0 atom stereocenters. The molecule has 2 aromatic carbocycles. The Morgan fingerprint density at radius 3 is 2.63 bits per heavy atom. The summed E-state index contributed by atoms with van der Waals surface area (Å²) in [4.78, 5) is 15.9. The van der Waals surface area contributed by atoms with Gasteiger partial charge < -0.3 is 9.47 Å². The lowest BCUT2D eigenvalue weighted by Crippen LogP contribution is -2.32. The second kappa shape index (κ2) is 8.51. The van der Waals surface area contributed by atoms with Gasteiger partial charge in [-0.05, 0) is 49.2 Å². The molecule has 6 rings (SSSR count). The summed E-state index contributed by atoms with van der Waals surface area (Å²) >= 11 is 3.21. The van der Waals surface area contributed by atoms with E-state index in [0.29, 0.717) is 18.8 Å². The number of hydrogen-bond acceptors (Lipinski definition) is 7. The molecule has 35 heavy (non-hydrogen) atoms. The lowest BCUT2D eigenvalue weighted by Gasteiger charge is -2.29. The van der Waals surface area contributed by atoms with Gasteiger partial charge in [0.2, 0.25) is 5.78 Å². The first-order valence-electron chi connectivity index (χ1n) is 11.3. The average Bonchev–Trinajstić information content (AvgIpc) is 3.44. The number of aromatic nitrogens is 4. The Labute approximate surface area is 210 Å².